The minimum absolute atomic E-state index is 0.310. The summed E-state index contributed by atoms with van der Waals surface area (Å²) < 4.78 is 5.44. The van der Waals surface area contributed by atoms with Crippen molar-refractivity contribution in [1.29, 1.82) is 0 Å². The van der Waals surface area contributed by atoms with Crippen LogP contribution in [0.25, 0.3) is 0 Å². The van der Waals surface area contributed by atoms with E-state index in [-0.39, 0.29) is 0 Å². The molecular formula is C9H20N2O. The van der Waals surface area contributed by atoms with Crippen LogP contribution in [0.5, 0.6) is 0 Å². The molecule has 3 heteroatoms. The number of hydrogen-bond donors (Lipinski definition) is 2. The SMILES string of the molecule is CC(CCN)CCC1NCCO1. The van der Waals surface area contributed by atoms with E-state index < -0.39 is 0 Å². The molecule has 1 fully saturated rings. The second-order valence-corrected chi connectivity index (χ2v) is 3.57. The monoisotopic (exact) mass is 172 g/mol. The first-order valence-electron chi connectivity index (χ1n) is 4.88. The molecule has 12 heavy (non-hydrogen) atoms. The van der Waals surface area contributed by atoms with E-state index >= 15 is 0 Å². The van der Waals surface area contributed by atoms with Crippen LogP contribution in [-0.4, -0.2) is 25.9 Å². The van der Waals surface area contributed by atoms with Gasteiger partial charge in [-0.05, 0) is 31.7 Å². The van der Waals surface area contributed by atoms with Gasteiger partial charge in [0, 0.05) is 6.54 Å². The van der Waals surface area contributed by atoms with Crippen molar-refractivity contribution in [3.63, 3.8) is 0 Å². The molecule has 0 radical (unpaired) electrons. The lowest BCUT2D eigenvalue weighted by molar-refractivity contribution is 0.0886. The van der Waals surface area contributed by atoms with Crippen molar-refractivity contribution in [1.82, 2.24) is 5.32 Å². The van der Waals surface area contributed by atoms with E-state index in [4.69, 9.17) is 10.5 Å². The van der Waals surface area contributed by atoms with Crippen LogP contribution in [0.4, 0.5) is 0 Å². The van der Waals surface area contributed by atoms with Gasteiger partial charge in [-0.3, -0.25) is 5.32 Å². The number of rotatable bonds is 5. The van der Waals surface area contributed by atoms with Crippen LogP contribution in [0.1, 0.15) is 26.2 Å². The zero-order chi connectivity index (χ0) is 8.81. The van der Waals surface area contributed by atoms with Gasteiger partial charge in [0.05, 0.1) is 6.61 Å². The van der Waals surface area contributed by atoms with E-state index in [2.05, 4.69) is 12.2 Å². The maximum absolute atomic E-state index is 5.47. The maximum atomic E-state index is 5.47. The van der Waals surface area contributed by atoms with Crippen LogP contribution >= 0.6 is 0 Å². The quantitative estimate of drug-likeness (QED) is 0.641. The summed E-state index contributed by atoms with van der Waals surface area (Å²) in [7, 11) is 0. The smallest absolute Gasteiger partial charge is 0.108 e. The number of ether oxygens (including phenoxy) is 1. The van der Waals surface area contributed by atoms with Crippen molar-refractivity contribution in [2.45, 2.75) is 32.4 Å². The van der Waals surface area contributed by atoms with Gasteiger partial charge in [-0.25, -0.2) is 0 Å². The summed E-state index contributed by atoms with van der Waals surface area (Å²) in [6, 6.07) is 0. The van der Waals surface area contributed by atoms with Crippen molar-refractivity contribution < 1.29 is 4.74 Å². The van der Waals surface area contributed by atoms with Crippen molar-refractivity contribution >= 4 is 0 Å². The summed E-state index contributed by atoms with van der Waals surface area (Å²) in [4.78, 5) is 0. The predicted molar refractivity (Wildman–Crippen MR) is 49.8 cm³/mol. The van der Waals surface area contributed by atoms with Gasteiger partial charge >= 0.3 is 0 Å². The molecule has 2 unspecified atom stereocenters. The average Bonchev–Trinajstić information content (AvgIpc) is 2.53. The lowest BCUT2D eigenvalue weighted by atomic mass is 10.0. The van der Waals surface area contributed by atoms with E-state index in [1.54, 1.807) is 0 Å². The third-order valence-electron chi connectivity index (χ3n) is 2.37. The van der Waals surface area contributed by atoms with E-state index in [1.807, 2.05) is 0 Å². The van der Waals surface area contributed by atoms with Crippen LogP contribution in [0, 0.1) is 5.92 Å². The Bertz CT molecular complexity index is 113. The summed E-state index contributed by atoms with van der Waals surface area (Å²) in [5.41, 5.74) is 5.47. The Hall–Kier alpha value is -0.120. The fraction of sp³-hybridized carbons (Fsp3) is 1.00. The second kappa shape index (κ2) is 5.51. The van der Waals surface area contributed by atoms with Gasteiger partial charge in [-0.2, -0.15) is 0 Å². The normalized spacial score (nSPS) is 26.0. The molecule has 0 amide bonds. The molecule has 0 aromatic carbocycles. The van der Waals surface area contributed by atoms with Gasteiger partial charge in [0.1, 0.15) is 6.23 Å². The standard InChI is InChI=1S/C9H20N2O/c1-8(4-5-10)2-3-9-11-6-7-12-9/h8-9,11H,2-7,10H2,1H3. The molecule has 0 bridgehead atoms. The highest BCUT2D eigenvalue weighted by molar-refractivity contribution is 4.65. The first kappa shape index (κ1) is 9.96. The van der Waals surface area contributed by atoms with Crippen LogP contribution < -0.4 is 11.1 Å². The molecule has 72 valence electrons. The highest BCUT2D eigenvalue weighted by Gasteiger charge is 2.14. The summed E-state index contributed by atoms with van der Waals surface area (Å²) in [5.74, 6) is 0.737. The molecule has 2 atom stereocenters. The molecule has 0 spiro atoms. The molecule has 0 aliphatic carbocycles. The molecule has 0 saturated carbocycles. The summed E-state index contributed by atoms with van der Waals surface area (Å²) in [6.45, 7) is 4.94. The Morgan fingerprint density at radius 3 is 3.00 bits per heavy atom. The summed E-state index contributed by atoms with van der Waals surface area (Å²) >= 11 is 0. The Morgan fingerprint density at radius 1 is 1.58 bits per heavy atom. The van der Waals surface area contributed by atoms with E-state index in [9.17, 15) is 0 Å². The van der Waals surface area contributed by atoms with Crippen LogP contribution in [0.2, 0.25) is 0 Å². The van der Waals surface area contributed by atoms with E-state index in [0.717, 1.165) is 38.5 Å². The molecule has 3 nitrogen and oxygen atoms in total. The molecule has 0 aromatic heterocycles. The van der Waals surface area contributed by atoms with Crippen molar-refractivity contribution in [2.24, 2.45) is 11.7 Å². The minimum atomic E-state index is 0.310. The van der Waals surface area contributed by atoms with Crippen LogP contribution in [0.3, 0.4) is 0 Å². The fourth-order valence-electron chi connectivity index (χ4n) is 1.53. The lowest BCUT2D eigenvalue weighted by Gasteiger charge is -2.13. The van der Waals surface area contributed by atoms with Gasteiger partial charge in [-0.1, -0.05) is 6.92 Å². The topological polar surface area (TPSA) is 47.3 Å². The molecule has 1 saturated heterocycles. The number of hydrogen-bond acceptors (Lipinski definition) is 3. The molecule has 1 heterocycles. The molecular weight excluding hydrogens is 152 g/mol. The number of nitrogens with one attached hydrogen (secondary N) is 1. The van der Waals surface area contributed by atoms with Gasteiger partial charge in [0.25, 0.3) is 0 Å². The molecule has 1 aliphatic rings. The Morgan fingerprint density at radius 2 is 2.42 bits per heavy atom. The predicted octanol–water partition coefficient (Wildman–Crippen LogP) is 0.697. The first-order chi connectivity index (χ1) is 5.83. The second-order valence-electron chi connectivity index (χ2n) is 3.57. The van der Waals surface area contributed by atoms with Crippen molar-refractivity contribution in [3.8, 4) is 0 Å². The maximum Gasteiger partial charge on any atom is 0.108 e. The van der Waals surface area contributed by atoms with E-state index in [0.29, 0.717) is 6.23 Å². The Balaban J connectivity index is 1.99. The molecule has 1 rings (SSSR count). The summed E-state index contributed by atoms with van der Waals surface area (Å²) in [6.07, 6.45) is 3.79. The first-order valence-corrected chi connectivity index (χ1v) is 4.88. The lowest BCUT2D eigenvalue weighted by Crippen LogP contribution is -2.23. The average molecular weight is 172 g/mol. The Kier molecular flexibility index (Phi) is 4.58. The van der Waals surface area contributed by atoms with Crippen molar-refractivity contribution in [3.05, 3.63) is 0 Å². The third kappa shape index (κ3) is 3.52. The summed E-state index contributed by atoms with van der Waals surface area (Å²) in [5, 5.41) is 3.30. The molecule has 3 N–H and O–H groups in total. The fourth-order valence-corrected chi connectivity index (χ4v) is 1.53. The van der Waals surface area contributed by atoms with Gasteiger partial charge in [-0.15, -0.1) is 0 Å². The largest absolute Gasteiger partial charge is 0.362 e. The van der Waals surface area contributed by atoms with Crippen LogP contribution in [0.15, 0.2) is 0 Å². The zero-order valence-electron chi connectivity index (χ0n) is 7.88. The van der Waals surface area contributed by atoms with Crippen LogP contribution in [-0.2, 0) is 4.74 Å². The zero-order valence-corrected chi connectivity index (χ0v) is 7.88. The van der Waals surface area contributed by atoms with E-state index in [1.165, 1.54) is 6.42 Å². The van der Waals surface area contributed by atoms with Gasteiger partial charge in [0.15, 0.2) is 0 Å². The number of nitrogens with two attached hydrogens (primary N) is 1. The third-order valence-corrected chi connectivity index (χ3v) is 2.37. The molecule has 0 aromatic rings. The van der Waals surface area contributed by atoms with Gasteiger partial charge < -0.3 is 10.5 Å². The minimum Gasteiger partial charge on any atom is -0.362 e. The highest BCUT2D eigenvalue weighted by Crippen LogP contribution is 2.13. The van der Waals surface area contributed by atoms with Gasteiger partial charge in [0.2, 0.25) is 0 Å². The van der Waals surface area contributed by atoms with Crippen molar-refractivity contribution in [2.75, 3.05) is 19.7 Å². The molecule has 1 aliphatic heterocycles. The Labute approximate surface area is 74.7 Å². The highest BCUT2D eigenvalue weighted by atomic mass is 16.5.